The first kappa shape index (κ1) is 23.0. The number of aromatic nitrogens is 9. The Bertz CT molecular complexity index is 1720. The van der Waals surface area contributed by atoms with Crippen molar-refractivity contribution in [2.24, 2.45) is 0 Å². The summed E-state index contributed by atoms with van der Waals surface area (Å²) in [5.41, 5.74) is 2.51. The summed E-state index contributed by atoms with van der Waals surface area (Å²) < 4.78 is 17.7. The van der Waals surface area contributed by atoms with Crippen molar-refractivity contribution >= 4 is 28.8 Å². The second-order valence-electron chi connectivity index (χ2n) is 10.4. The molecule has 0 spiro atoms. The van der Waals surface area contributed by atoms with Gasteiger partial charge in [0, 0.05) is 35.0 Å². The number of nitrogens with one attached hydrogen (secondary N) is 1. The predicted octanol–water partition coefficient (Wildman–Crippen LogP) is 3.64. The van der Waals surface area contributed by atoms with E-state index in [0.29, 0.717) is 29.1 Å². The van der Waals surface area contributed by atoms with Gasteiger partial charge in [0.05, 0.1) is 52.6 Å². The fourth-order valence-electron chi connectivity index (χ4n) is 5.34. The van der Waals surface area contributed by atoms with Crippen LogP contribution in [0.1, 0.15) is 55.8 Å². The Morgan fingerprint density at radius 3 is 2.63 bits per heavy atom. The molecule has 7 rings (SSSR count). The Kier molecular flexibility index (Phi) is 4.78. The number of carbonyl (C=O) groups excluding carboxylic acids is 1. The summed E-state index contributed by atoms with van der Waals surface area (Å²) in [4.78, 5) is 23.7. The van der Waals surface area contributed by atoms with Crippen LogP contribution in [-0.2, 0) is 15.7 Å². The third kappa shape index (κ3) is 3.43. The van der Waals surface area contributed by atoms with Gasteiger partial charge in [0.15, 0.2) is 11.5 Å². The van der Waals surface area contributed by atoms with E-state index in [2.05, 4.69) is 42.6 Å². The standard InChI is InChI=1S/C25H22ClFN10O/c1-24(3-4-24)35-13-14(10-32-35)25(2)9-16(17-12-28-20-8-19(27)34-36(20)21(17)25)23(38)33-15-7-18(26)22(29-11-15)37-30-5-6-31-37/h5-8,10-13,16H,3-4,9H2,1-2H3,(H,33,38)/t16-,25-/m0/s1. The van der Waals surface area contributed by atoms with Crippen LogP contribution in [0.2, 0.25) is 5.02 Å². The molecule has 0 unspecified atom stereocenters. The first-order valence-corrected chi connectivity index (χ1v) is 12.6. The van der Waals surface area contributed by atoms with E-state index in [0.717, 1.165) is 24.1 Å². The molecule has 1 saturated carbocycles. The van der Waals surface area contributed by atoms with E-state index in [4.69, 9.17) is 11.6 Å². The first-order chi connectivity index (χ1) is 18.2. The topological polar surface area (TPSA) is 121 Å². The molecule has 38 heavy (non-hydrogen) atoms. The lowest BCUT2D eigenvalue weighted by Gasteiger charge is -2.25. The lowest BCUT2D eigenvalue weighted by atomic mass is 9.80. The van der Waals surface area contributed by atoms with Crippen LogP contribution in [0.3, 0.4) is 0 Å². The molecule has 1 amide bonds. The average Bonchev–Trinajstić information content (AvgIpc) is 3.40. The van der Waals surface area contributed by atoms with Gasteiger partial charge in [-0.05, 0) is 39.2 Å². The number of carbonyl (C=O) groups is 1. The van der Waals surface area contributed by atoms with Crippen molar-refractivity contribution in [3.63, 3.8) is 0 Å². The zero-order valence-electron chi connectivity index (χ0n) is 20.5. The van der Waals surface area contributed by atoms with Crippen molar-refractivity contribution < 1.29 is 9.18 Å². The van der Waals surface area contributed by atoms with E-state index >= 15 is 0 Å². The number of pyridine rings is 1. The van der Waals surface area contributed by atoms with Gasteiger partial charge in [-0.15, -0.1) is 9.90 Å². The summed E-state index contributed by atoms with van der Waals surface area (Å²) in [6, 6.07) is 2.89. The second kappa shape index (κ2) is 7.90. The van der Waals surface area contributed by atoms with Crippen LogP contribution in [0, 0.1) is 5.95 Å². The van der Waals surface area contributed by atoms with E-state index in [9.17, 15) is 9.18 Å². The van der Waals surface area contributed by atoms with Crippen LogP contribution in [0.25, 0.3) is 11.5 Å². The number of halogens is 2. The Hall–Kier alpha value is -4.19. The molecule has 2 aliphatic carbocycles. The number of amides is 1. The molecule has 11 nitrogen and oxygen atoms in total. The molecule has 192 valence electrons. The maximum Gasteiger partial charge on any atom is 0.235 e. The number of hydrogen-bond donors (Lipinski definition) is 1. The summed E-state index contributed by atoms with van der Waals surface area (Å²) >= 11 is 6.40. The molecule has 5 aromatic rings. The minimum absolute atomic E-state index is 0.0162. The van der Waals surface area contributed by atoms with Gasteiger partial charge in [0.25, 0.3) is 0 Å². The molecule has 5 heterocycles. The van der Waals surface area contributed by atoms with Crippen LogP contribution in [0.4, 0.5) is 10.1 Å². The third-order valence-electron chi connectivity index (χ3n) is 7.75. The third-order valence-corrected chi connectivity index (χ3v) is 8.03. The minimum Gasteiger partial charge on any atom is -0.324 e. The van der Waals surface area contributed by atoms with Crippen LogP contribution in [-0.4, -0.2) is 50.3 Å². The lowest BCUT2D eigenvalue weighted by Crippen LogP contribution is -2.25. The van der Waals surface area contributed by atoms with Gasteiger partial charge in [0.1, 0.15) is 0 Å². The van der Waals surface area contributed by atoms with Gasteiger partial charge in [-0.2, -0.15) is 19.7 Å². The molecule has 5 aromatic heterocycles. The smallest absolute Gasteiger partial charge is 0.235 e. The van der Waals surface area contributed by atoms with Crippen molar-refractivity contribution in [2.75, 3.05) is 5.32 Å². The number of rotatable bonds is 5. The quantitative estimate of drug-likeness (QED) is 0.367. The Balaban J connectivity index is 1.26. The Labute approximate surface area is 220 Å². The molecule has 0 saturated heterocycles. The Morgan fingerprint density at radius 2 is 1.89 bits per heavy atom. The molecular weight excluding hydrogens is 511 g/mol. The largest absolute Gasteiger partial charge is 0.324 e. The lowest BCUT2D eigenvalue weighted by molar-refractivity contribution is -0.117. The highest BCUT2D eigenvalue weighted by Gasteiger charge is 2.49. The highest BCUT2D eigenvalue weighted by molar-refractivity contribution is 6.32. The number of fused-ring (bicyclic) bond motifs is 3. The van der Waals surface area contributed by atoms with E-state index in [1.807, 2.05) is 24.0 Å². The molecule has 0 radical (unpaired) electrons. The molecule has 0 bridgehead atoms. The van der Waals surface area contributed by atoms with Gasteiger partial charge in [-0.3, -0.25) is 9.48 Å². The van der Waals surface area contributed by atoms with Gasteiger partial charge in [-0.1, -0.05) is 11.6 Å². The van der Waals surface area contributed by atoms with E-state index < -0.39 is 17.3 Å². The molecule has 1 N–H and O–H groups in total. The van der Waals surface area contributed by atoms with Crippen molar-refractivity contribution in [1.82, 2.24) is 44.4 Å². The molecule has 2 aliphatic rings. The normalized spacial score (nSPS) is 21.5. The SMILES string of the molecule is CC1(n2cc([C@]3(C)C[C@H](C(=O)Nc4cnc(-n5nccn5)c(Cl)c4)c4cnc5cc(F)nn5c43)cn2)CC1. The summed E-state index contributed by atoms with van der Waals surface area (Å²) in [7, 11) is 0. The zero-order chi connectivity index (χ0) is 26.2. The van der Waals surface area contributed by atoms with Gasteiger partial charge >= 0.3 is 0 Å². The molecule has 0 aliphatic heterocycles. The number of anilines is 1. The number of hydrogen-bond acceptors (Lipinski definition) is 7. The summed E-state index contributed by atoms with van der Waals surface area (Å²) in [5.74, 6) is -1.12. The van der Waals surface area contributed by atoms with Gasteiger partial charge in [-0.25, -0.2) is 14.5 Å². The van der Waals surface area contributed by atoms with Gasteiger partial charge in [0.2, 0.25) is 11.9 Å². The fraction of sp³-hybridized carbons (Fsp3) is 0.320. The summed E-state index contributed by atoms with van der Waals surface area (Å²) in [5, 5.41) is 20.0. The van der Waals surface area contributed by atoms with Crippen LogP contribution in [0.5, 0.6) is 0 Å². The monoisotopic (exact) mass is 532 g/mol. The van der Waals surface area contributed by atoms with Crippen molar-refractivity contribution in [3.05, 3.63) is 77.1 Å². The summed E-state index contributed by atoms with van der Waals surface area (Å²) in [6.07, 6.45) is 12.6. The molecule has 13 heteroatoms. The number of nitrogens with zero attached hydrogens (tertiary/aromatic N) is 9. The van der Waals surface area contributed by atoms with E-state index in [1.165, 1.54) is 34.0 Å². The minimum atomic E-state index is -0.661. The highest BCUT2D eigenvalue weighted by atomic mass is 35.5. The highest BCUT2D eigenvalue weighted by Crippen LogP contribution is 2.51. The predicted molar refractivity (Wildman–Crippen MR) is 135 cm³/mol. The van der Waals surface area contributed by atoms with Crippen molar-refractivity contribution in [1.29, 1.82) is 0 Å². The Morgan fingerprint density at radius 1 is 1.11 bits per heavy atom. The van der Waals surface area contributed by atoms with Crippen LogP contribution in [0.15, 0.2) is 49.3 Å². The fourth-order valence-corrected chi connectivity index (χ4v) is 5.59. The van der Waals surface area contributed by atoms with Gasteiger partial charge < -0.3 is 5.32 Å². The van der Waals surface area contributed by atoms with Crippen molar-refractivity contribution in [2.45, 2.75) is 50.0 Å². The maximum atomic E-state index is 14.2. The summed E-state index contributed by atoms with van der Waals surface area (Å²) in [6.45, 7) is 4.21. The second-order valence-corrected chi connectivity index (χ2v) is 10.8. The molecule has 2 atom stereocenters. The maximum absolute atomic E-state index is 14.2. The van der Waals surface area contributed by atoms with Crippen LogP contribution < -0.4 is 5.32 Å². The zero-order valence-corrected chi connectivity index (χ0v) is 21.3. The first-order valence-electron chi connectivity index (χ1n) is 12.2. The molecular formula is C25H22ClFN10O. The van der Waals surface area contributed by atoms with E-state index in [-0.39, 0.29) is 16.5 Å². The van der Waals surface area contributed by atoms with Crippen molar-refractivity contribution in [3.8, 4) is 5.82 Å². The molecule has 0 aromatic carbocycles. The van der Waals surface area contributed by atoms with E-state index in [1.54, 1.807) is 12.3 Å². The average molecular weight is 533 g/mol. The van der Waals surface area contributed by atoms with Crippen LogP contribution >= 0.6 is 11.6 Å². The molecule has 1 fully saturated rings.